The van der Waals surface area contributed by atoms with Gasteiger partial charge in [-0.15, -0.1) is 0 Å². The third-order valence-corrected chi connectivity index (χ3v) is 7.53. The summed E-state index contributed by atoms with van der Waals surface area (Å²) >= 11 is 0. The van der Waals surface area contributed by atoms with Crippen molar-refractivity contribution in [2.45, 2.75) is 37.5 Å². The van der Waals surface area contributed by atoms with Crippen molar-refractivity contribution in [2.75, 3.05) is 25.5 Å². The second-order valence-electron chi connectivity index (χ2n) is 7.90. The van der Waals surface area contributed by atoms with E-state index < -0.39 is 16.0 Å². The minimum atomic E-state index is -3.87. The number of rotatable bonds is 6. The number of benzene rings is 2. The summed E-state index contributed by atoms with van der Waals surface area (Å²) in [5.74, 6) is -0.793. The second-order valence-corrected chi connectivity index (χ2v) is 9.80. The normalized spacial score (nSPS) is 15.6. The Hall–Kier alpha value is -2.71. The van der Waals surface area contributed by atoms with Crippen molar-refractivity contribution >= 4 is 27.6 Å². The number of para-hydroxylation sites is 1. The number of sulfonamides is 1. The Labute approximate surface area is 183 Å². The number of hydrogen-bond acceptors (Lipinski definition) is 5. The molecule has 0 aromatic heterocycles. The van der Waals surface area contributed by atoms with Crippen molar-refractivity contribution in [1.29, 1.82) is 0 Å². The maximum atomic E-state index is 13.1. The number of carbonyl (C=O) groups is 2. The molecule has 1 saturated heterocycles. The first kappa shape index (κ1) is 23.0. The molecule has 166 valence electrons. The predicted octanol–water partition coefficient (Wildman–Crippen LogP) is 3.64. The number of nitrogens with one attached hydrogen (secondary N) is 1. The van der Waals surface area contributed by atoms with Gasteiger partial charge >= 0.3 is 5.97 Å². The van der Waals surface area contributed by atoms with Gasteiger partial charge in [-0.2, -0.15) is 4.31 Å². The van der Waals surface area contributed by atoms with E-state index in [1.807, 2.05) is 24.3 Å². The van der Waals surface area contributed by atoms with Gasteiger partial charge in [0.15, 0.2) is 0 Å². The molecule has 1 fully saturated rings. The van der Waals surface area contributed by atoms with Crippen molar-refractivity contribution in [3.63, 3.8) is 0 Å². The number of amides is 1. The molecule has 1 amide bonds. The zero-order valence-electron chi connectivity index (χ0n) is 18.0. The molecule has 31 heavy (non-hydrogen) atoms. The first-order chi connectivity index (χ1) is 14.8. The minimum absolute atomic E-state index is 0.00941. The van der Waals surface area contributed by atoms with Gasteiger partial charge in [0.05, 0.1) is 17.6 Å². The monoisotopic (exact) mass is 444 g/mol. The van der Waals surface area contributed by atoms with Gasteiger partial charge in [0.2, 0.25) is 15.9 Å². The van der Waals surface area contributed by atoms with Crippen LogP contribution in [-0.4, -0.2) is 44.8 Å². The Morgan fingerprint density at radius 1 is 1.03 bits per heavy atom. The summed E-state index contributed by atoms with van der Waals surface area (Å²) in [5.41, 5.74) is 1.87. The standard InChI is InChI=1S/C23H28N2O5S/c1-16(2)18-8-4-6-10-20(18)24-22(26)17-12-14-25(15-13-17)31(28,29)21-11-7-5-9-19(21)23(27)30-3/h4-11,16-17H,12-15H2,1-3H3,(H,24,26). The van der Waals surface area contributed by atoms with E-state index in [0.717, 1.165) is 11.3 Å². The van der Waals surface area contributed by atoms with Gasteiger partial charge < -0.3 is 10.1 Å². The van der Waals surface area contributed by atoms with E-state index in [9.17, 15) is 18.0 Å². The third kappa shape index (κ3) is 4.97. The Morgan fingerprint density at radius 3 is 2.29 bits per heavy atom. The second kappa shape index (κ2) is 9.62. The minimum Gasteiger partial charge on any atom is -0.465 e. The van der Waals surface area contributed by atoms with Crippen LogP contribution in [0.2, 0.25) is 0 Å². The average Bonchev–Trinajstić information content (AvgIpc) is 2.78. The molecule has 8 heteroatoms. The van der Waals surface area contributed by atoms with E-state index in [4.69, 9.17) is 4.74 Å². The molecule has 2 aromatic rings. The number of ether oxygens (including phenoxy) is 1. The van der Waals surface area contributed by atoms with Gasteiger partial charge in [0, 0.05) is 24.7 Å². The fourth-order valence-electron chi connectivity index (χ4n) is 3.82. The van der Waals surface area contributed by atoms with E-state index in [1.54, 1.807) is 12.1 Å². The number of methoxy groups -OCH3 is 1. The van der Waals surface area contributed by atoms with Crippen molar-refractivity contribution in [3.05, 3.63) is 59.7 Å². The molecule has 2 aromatic carbocycles. The highest BCUT2D eigenvalue weighted by Crippen LogP contribution is 2.28. The van der Waals surface area contributed by atoms with Gasteiger partial charge in [-0.25, -0.2) is 13.2 Å². The topological polar surface area (TPSA) is 92.8 Å². The summed E-state index contributed by atoms with van der Waals surface area (Å²) < 4.78 is 32.3. The molecular weight excluding hydrogens is 416 g/mol. The summed E-state index contributed by atoms with van der Waals surface area (Å²) in [6.45, 7) is 4.56. The Balaban J connectivity index is 1.70. The van der Waals surface area contributed by atoms with E-state index in [0.29, 0.717) is 12.8 Å². The summed E-state index contributed by atoms with van der Waals surface area (Å²) in [4.78, 5) is 24.7. The molecule has 1 N–H and O–H groups in total. The van der Waals surface area contributed by atoms with Crippen molar-refractivity contribution in [2.24, 2.45) is 5.92 Å². The van der Waals surface area contributed by atoms with Gasteiger partial charge in [-0.05, 0) is 42.5 Å². The van der Waals surface area contributed by atoms with Crippen molar-refractivity contribution < 1.29 is 22.7 Å². The van der Waals surface area contributed by atoms with E-state index in [2.05, 4.69) is 19.2 Å². The van der Waals surface area contributed by atoms with Crippen LogP contribution in [0.1, 0.15) is 48.5 Å². The van der Waals surface area contributed by atoms with E-state index in [1.165, 1.54) is 23.5 Å². The smallest absolute Gasteiger partial charge is 0.339 e. The fourth-order valence-corrected chi connectivity index (χ4v) is 5.47. The molecule has 0 saturated carbocycles. The Bertz CT molecular complexity index is 1060. The number of carbonyl (C=O) groups excluding carboxylic acids is 2. The highest BCUT2D eigenvalue weighted by atomic mass is 32.2. The van der Waals surface area contributed by atoms with Crippen LogP contribution >= 0.6 is 0 Å². The average molecular weight is 445 g/mol. The molecule has 1 aliphatic heterocycles. The van der Waals surface area contributed by atoms with Crippen LogP contribution in [0.15, 0.2) is 53.4 Å². The lowest BCUT2D eigenvalue weighted by Crippen LogP contribution is -2.41. The van der Waals surface area contributed by atoms with Gasteiger partial charge in [0.1, 0.15) is 0 Å². The molecule has 0 unspecified atom stereocenters. The highest BCUT2D eigenvalue weighted by molar-refractivity contribution is 7.89. The fraction of sp³-hybridized carbons (Fsp3) is 0.391. The van der Waals surface area contributed by atoms with Crippen molar-refractivity contribution in [1.82, 2.24) is 4.31 Å². The first-order valence-electron chi connectivity index (χ1n) is 10.3. The number of piperidine rings is 1. The SMILES string of the molecule is COC(=O)c1ccccc1S(=O)(=O)N1CCC(C(=O)Nc2ccccc2C(C)C)CC1. The van der Waals surface area contributed by atoms with E-state index >= 15 is 0 Å². The number of nitrogens with zero attached hydrogens (tertiary/aromatic N) is 1. The van der Waals surface area contributed by atoms with Crippen LogP contribution in [0, 0.1) is 5.92 Å². The van der Waals surface area contributed by atoms with Crippen LogP contribution < -0.4 is 5.32 Å². The lowest BCUT2D eigenvalue weighted by Gasteiger charge is -2.31. The first-order valence-corrected chi connectivity index (χ1v) is 11.8. The molecule has 3 rings (SSSR count). The van der Waals surface area contributed by atoms with E-state index in [-0.39, 0.29) is 41.3 Å². The van der Waals surface area contributed by atoms with Gasteiger partial charge in [0.25, 0.3) is 0 Å². The summed E-state index contributed by atoms with van der Waals surface area (Å²) in [5, 5.41) is 3.01. The lowest BCUT2D eigenvalue weighted by molar-refractivity contribution is -0.120. The molecule has 0 radical (unpaired) electrons. The van der Waals surface area contributed by atoms with Crippen LogP contribution in [0.4, 0.5) is 5.69 Å². The summed E-state index contributed by atoms with van der Waals surface area (Å²) in [6.07, 6.45) is 0.824. The molecule has 0 aliphatic carbocycles. The third-order valence-electron chi connectivity index (χ3n) is 5.58. The molecule has 1 aliphatic rings. The maximum Gasteiger partial charge on any atom is 0.339 e. The van der Waals surface area contributed by atoms with Crippen LogP contribution in [0.3, 0.4) is 0 Å². The molecular formula is C23H28N2O5S. The van der Waals surface area contributed by atoms with Crippen LogP contribution in [0.5, 0.6) is 0 Å². The number of hydrogen-bond donors (Lipinski definition) is 1. The summed E-state index contributed by atoms with van der Waals surface area (Å²) in [6, 6.07) is 13.7. The van der Waals surface area contributed by atoms with Gasteiger partial charge in [-0.1, -0.05) is 44.2 Å². The van der Waals surface area contributed by atoms with Gasteiger partial charge in [-0.3, -0.25) is 4.79 Å². The zero-order valence-corrected chi connectivity index (χ0v) is 18.8. The largest absolute Gasteiger partial charge is 0.465 e. The Morgan fingerprint density at radius 2 is 1.65 bits per heavy atom. The molecule has 0 spiro atoms. The molecule has 1 heterocycles. The Kier molecular flexibility index (Phi) is 7.12. The maximum absolute atomic E-state index is 13.1. The highest BCUT2D eigenvalue weighted by Gasteiger charge is 2.34. The lowest BCUT2D eigenvalue weighted by atomic mass is 9.96. The number of anilines is 1. The quantitative estimate of drug-likeness (QED) is 0.687. The zero-order chi connectivity index (χ0) is 22.6. The van der Waals surface area contributed by atoms with Crippen molar-refractivity contribution in [3.8, 4) is 0 Å². The number of esters is 1. The molecule has 7 nitrogen and oxygen atoms in total. The molecule has 0 atom stereocenters. The summed E-state index contributed by atoms with van der Waals surface area (Å²) in [7, 11) is -2.66. The predicted molar refractivity (Wildman–Crippen MR) is 118 cm³/mol. The van der Waals surface area contributed by atoms with Crippen LogP contribution in [-0.2, 0) is 19.6 Å². The molecule has 0 bridgehead atoms. The van der Waals surface area contributed by atoms with Crippen LogP contribution in [0.25, 0.3) is 0 Å².